The third-order valence-electron chi connectivity index (χ3n) is 10.5. The van der Waals surface area contributed by atoms with E-state index in [4.69, 9.17) is 23.8 Å². The Hall–Kier alpha value is -7.70. The van der Waals surface area contributed by atoms with Crippen LogP contribution in [0.3, 0.4) is 0 Å². The lowest BCUT2D eigenvalue weighted by molar-refractivity contribution is 0.669. The molecule has 4 aromatic heterocycles. The molecule has 7 aromatic carbocycles. The average Bonchev–Trinajstić information content (AvgIpc) is 3.85. The molecule has 0 aliphatic carbocycles. The van der Waals surface area contributed by atoms with Gasteiger partial charge in [-0.2, -0.15) is 0 Å². The first kappa shape index (κ1) is 31.8. The van der Waals surface area contributed by atoms with Gasteiger partial charge in [-0.05, 0) is 64.7 Å². The van der Waals surface area contributed by atoms with Crippen LogP contribution in [0.1, 0.15) is 0 Å². The minimum atomic E-state index is 0.596. The van der Waals surface area contributed by atoms with Crippen LogP contribution in [0.5, 0.6) is 0 Å². The van der Waals surface area contributed by atoms with E-state index in [1.54, 1.807) is 6.20 Å². The molecular weight excluding hydrogens is 689 g/mol. The molecule has 6 heteroatoms. The number of furan rings is 2. The monoisotopic (exact) mass is 718 g/mol. The predicted molar refractivity (Wildman–Crippen MR) is 225 cm³/mol. The second kappa shape index (κ2) is 13.0. The zero-order valence-corrected chi connectivity index (χ0v) is 29.9. The van der Waals surface area contributed by atoms with Gasteiger partial charge in [0.15, 0.2) is 17.5 Å². The van der Waals surface area contributed by atoms with Gasteiger partial charge in [-0.25, -0.2) is 15.0 Å². The third-order valence-corrected chi connectivity index (χ3v) is 10.5. The van der Waals surface area contributed by atoms with Gasteiger partial charge in [0.05, 0.1) is 0 Å². The summed E-state index contributed by atoms with van der Waals surface area (Å²) in [7, 11) is 0. The Morgan fingerprint density at radius 3 is 1.71 bits per heavy atom. The Bertz CT molecular complexity index is 3240. The number of nitrogens with zero attached hydrogens (tertiary/aromatic N) is 4. The van der Waals surface area contributed by atoms with E-state index in [1.807, 2.05) is 79.0 Å². The molecule has 0 radical (unpaired) electrons. The second-order valence-electron chi connectivity index (χ2n) is 13.8. The standard InChI is InChI=1S/C50H30N4O2/c1-2-10-32(11-3-1)48-52-49(54-50(53-48)36-13-8-12-34(28-36)37-14-9-27-51-30-37)33-21-19-31(20-22-33)39-25-24-38(46-41-16-5-7-18-44(41)56-47(39)46)35-23-26-45-42(29-35)40-15-4-6-17-43(40)55-45/h1-30H. The Labute approximate surface area is 321 Å². The molecule has 4 heterocycles. The highest BCUT2D eigenvalue weighted by Crippen LogP contribution is 2.43. The lowest BCUT2D eigenvalue weighted by Gasteiger charge is -2.11. The van der Waals surface area contributed by atoms with E-state index in [9.17, 15) is 0 Å². The fourth-order valence-electron chi connectivity index (χ4n) is 7.71. The smallest absolute Gasteiger partial charge is 0.164 e. The van der Waals surface area contributed by atoms with Crippen molar-refractivity contribution in [2.45, 2.75) is 0 Å². The summed E-state index contributed by atoms with van der Waals surface area (Å²) in [4.78, 5) is 19.3. The third kappa shape index (κ3) is 5.43. The minimum Gasteiger partial charge on any atom is -0.456 e. The molecule has 11 rings (SSSR count). The molecule has 0 N–H and O–H groups in total. The maximum Gasteiger partial charge on any atom is 0.164 e. The van der Waals surface area contributed by atoms with Gasteiger partial charge in [0.2, 0.25) is 0 Å². The lowest BCUT2D eigenvalue weighted by Crippen LogP contribution is -2.00. The normalized spacial score (nSPS) is 11.6. The first-order valence-corrected chi connectivity index (χ1v) is 18.5. The summed E-state index contributed by atoms with van der Waals surface area (Å²) in [5, 5.41) is 4.36. The largest absolute Gasteiger partial charge is 0.456 e. The molecule has 262 valence electrons. The van der Waals surface area contributed by atoms with Crippen molar-refractivity contribution in [2.24, 2.45) is 0 Å². The van der Waals surface area contributed by atoms with E-state index in [0.717, 1.165) is 93.9 Å². The average molecular weight is 719 g/mol. The highest BCUT2D eigenvalue weighted by atomic mass is 16.3. The maximum atomic E-state index is 6.67. The molecule has 0 spiro atoms. The zero-order valence-electron chi connectivity index (χ0n) is 29.9. The zero-order chi connectivity index (χ0) is 37.0. The molecule has 0 aliphatic rings. The molecular formula is C50H30N4O2. The topological polar surface area (TPSA) is 77.8 Å². The number of rotatable bonds is 6. The molecule has 0 aliphatic heterocycles. The Morgan fingerprint density at radius 2 is 0.929 bits per heavy atom. The SMILES string of the molecule is c1ccc(-c2nc(-c3ccc(-c4ccc(-c5ccc6oc7ccccc7c6c5)c5c4oc4ccccc45)cc3)nc(-c3cccc(-c4cccnc4)c3)n2)cc1. The quantitative estimate of drug-likeness (QED) is 0.170. The fraction of sp³-hybridized carbons (Fsp3) is 0. The van der Waals surface area contributed by atoms with Crippen LogP contribution < -0.4 is 0 Å². The molecule has 0 unspecified atom stereocenters. The van der Waals surface area contributed by atoms with E-state index >= 15 is 0 Å². The van der Waals surface area contributed by atoms with E-state index in [1.165, 1.54) is 0 Å². The van der Waals surface area contributed by atoms with E-state index in [0.29, 0.717) is 17.5 Å². The Kier molecular flexibility index (Phi) is 7.38. The van der Waals surface area contributed by atoms with E-state index < -0.39 is 0 Å². The van der Waals surface area contributed by atoms with Crippen molar-refractivity contribution in [3.05, 3.63) is 182 Å². The van der Waals surface area contributed by atoms with Crippen LogP contribution in [0, 0.1) is 0 Å². The van der Waals surface area contributed by atoms with Crippen LogP contribution >= 0.6 is 0 Å². The molecule has 0 bridgehead atoms. The molecule has 0 saturated carbocycles. The summed E-state index contributed by atoms with van der Waals surface area (Å²) in [5.41, 5.74) is 12.5. The van der Waals surface area contributed by atoms with Crippen molar-refractivity contribution >= 4 is 43.9 Å². The van der Waals surface area contributed by atoms with Gasteiger partial charge < -0.3 is 8.83 Å². The van der Waals surface area contributed by atoms with Crippen molar-refractivity contribution in [3.8, 4) is 67.5 Å². The van der Waals surface area contributed by atoms with E-state index in [-0.39, 0.29) is 0 Å². The summed E-state index contributed by atoms with van der Waals surface area (Å²) in [5.74, 6) is 1.81. The van der Waals surface area contributed by atoms with Gasteiger partial charge in [-0.1, -0.05) is 127 Å². The Morgan fingerprint density at radius 1 is 0.339 bits per heavy atom. The second-order valence-corrected chi connectivity index (χ2v) is 13.8. The number of hydrogen-bond donors (Lipinski definition) is 0. The summed E-state index contributed by atoms with van der Waals surface area (Å²) in [6, 6.07) is 57.9. The van der Waals surface area contributed by atoms with Crippen LogP contribution in [-0.4, -0.2) is 19.9 Å². The van der Waals surface area contributed by atoms with Gasteiger partial charge in [-0.3, -0.25) is 4.98 Å². The first-order chi connectivity index (χ1) is 27.7. The van der Waals surface area contributed by atoms with Gasteiger partial charge in [0, 0.05) is 61.8 Å². The van der Waals surface area contributed by atoms with E-state index in [2.05, 4.69) is 102 Å². The fourth-order valence-corrected chi connectivity index (χ4v) is 7.71. The summed E-state index contributed by atoms with van der Waals surface area (Å²) in [6.45, 7) is 0. The van der Waals surface area contributed by atoms with Crippen molar-refractivity contribution in [1.82, 2.24) is 19.9 Å². The van der Waals surface area contributed by atoms with Crippen molar-refractivity contribution in [1.29, 1.82) is 0 Å². The van der Waals surface area contributed by atoms with Gasteiger partial charge in [0.25, 0.3) is 0 Å². The number of benzene rings is 7. The molecule has 0 saturated heterocycles. The predicted octanol–water partition coefficient (Wildman–Crippen LogP) is 13.1. The summed E-state index contributed by atoms with van der Waals surface area (Å²) >= 11 is 0. The van der Waals surface area contributed by atoms with Crippen molar-refractivity contribution in [2.75, 3.05) is 0 Å². The molecule has 11 aromatic rings. The molecule has 56 heavy (non-hydrogen) atoms. The van der Waals surface area contributed by atoms with Crippen molar-refractivity contribution < 1.29 is 8.83 Å². The number of fused-ring (bicyclic) bond motifs is 6. The molecule has 0 amide bonds. The number of pyridine rings is 1. The van der Waals surface area contributed by atoms with Crippen LogP contribution in [0.4, 0.5) is 0 Å². The van der Waals surface area contributed by atoms with Crippen LogP contribution in [-0.2, 0) is 0 Å². The maximum absolute atomic E-state index is 6.67. The van der Waals surface area contributed by atoms with Gasteiger partial charge in [0.1, 0.15) is 22.3 Å². The Balaban J connectivity index is 1.02. The van der Waals surface area contributed by atoms with Crippen LogP contribution in [0.15, 0.2) is 191 Å². The lowest BCUT2D eigenvalue weighted by atomic mass is 9.93. The molecule has 6 nitrogen and oxygen atoms in total. The number of para-hydroxylation sites is 2. The number of hydrogen-bond acceptors (Lipinski definition) is 6. The molecule has 0 fully saturated rings. The highest BCUT2D eigenvalue weighted by Gasteiger charge is 2.19. The van der Waals surface area contributed by atoms with Crippen molar-refractivity contribution in [3.63, 3.8) is 0 Å². The summed E-state index contributed by atoms with van der Waals surface area (Å²) < 4.78 is 12.8. The molecule has 0 atom stereocenters. The number of aromatic nitrogens is 4. The minimum absolute atomic E-state index is 0.596. The van der Waals surface area contributed by atoms with Crippen LogP contribution in [0.25, 0.3) is 111 Å². The first-order valence-electron chi connectivity index (χ1n) is 18.5. The highest BCUT2D eigenvalue weighted by molar-refractivity contribution is 6.17. The van der Waals surface area contributed by atoms with Crippen LogP contribution in [0.2, 0.25) is 0 Å². The van der Waals surface area contributed by atoms with Gasteiger partial charge >= 0.3 is 0 Å². The van der Waals surface area contributed by atoms with Gasteiger partial charge in [-0.15, -0.1) is 0 Å². The summed E-state index contributed by atoms with van der Waals surface area (Å²) in [6.07, 6.45) is 3.64.